The molecule has 1 aliphatic carbocycles. The fraction of sp³-hybridized carbons (Fsp3) is 0.355. The Bertz CT molecular complexity index is 1410. The molecular formula is C31H35F2N3O4S. The topological polar surface area (TPSA) is 86.8 Å². The molecule has 0 heterocycles. The van der Waals surface area contributed by atoms with Gasteiger partial charge < -0.3 is 10.2 Å². The van der Waals surface area contributed by atoms with E-state index in [9.17, 15) is 26.8 Å². The number of nitrogens with one attached hydrogen (secondary N) is 1. The molecule has 3 aromatic rings. The summed E-state index contributed by atoms with van der Waals surface area (Å²) in [6.45, 7) is -0.649. The lowest BCUT2D eigenvalue weighted by Gasteiger charge is -2.35. The zero-order valence-corrected chi connectivity index (χ0v) is 23.8. The first-order valence-electron chi connectivity index (χ1n) is 13.7. The van der Waals surface area contributed by atoms with E-state index in [-0.39, 0.29) is 30.6 Å². The number of anilines is 1. The molecule has 0 radical (unpaired) electrons. The maximum absolute atomic E-state index is 14.0. The standard InChI is InChI=1S/C31H35F2N3O4S/c1-41(39,40)36(28-18-16-26(33)17-19-28)22-30(37)35(21-24-12-14-25(32)15-13-24)29(20-23-8-4-2-5-9-23)31(38)34-27-10-6-3-7-11-27/h2,4-5,8-9,12-19,27,29H,3,6-7,10-11,20-22H2,1H3,(H,34,38). The van der Waals surface area contributed by atoms with Gasteiger partial charge in [-0.05, 0) is 60.4 Å². The van der Waals surface area contributed by atoms with Crippen LogP contribution >= 0.6 is 0 Å². The highest BCUT2D eigenvalue weighted by atomic mass is 32.2. The van der Waals surface area contributed by atoms with E-state index in [4.69, 9.17) is 0 Å². The summed E-state index contributed by atoms with van der Waals surface area (Å²) < 4.78 is 53.7. The van der Waals surface area contributed by atoms with Crippen LogP contribution in [0.15, 0.2) is 78.9 Å². The van der Waals surface area contributed by atoms with Crippen LogP contribution in [-0.4, -0.2) is 50.0 Å². The van der Waals surface area contributed by atoms with Crippen molar-refractivity contribution >= 4 is 27.5 Å². The fourth-order valence-electron chi connectivity index (χ4n) is 5.11. The van der Waals surface area contributed by atoms with Crippen LogP contribution in [-0.2, 0) is 32.6 Å². The summed E-state index contributed by atoms with van der Waals surface area (Å²) in [4.78, 5) is 29.3. The van der Waals surface area contributed by atoms with E-state index in [1.165, 1.54) is 41.3 Å². The second kappa shape index (κ2) is 13.7. The minimum atomic E-state index is -3.95. The summed E-state index contributed by atoms with van der Waals surface area (Å²) in [5.74, 6) is -1.94. The zero-order valence-electron chi connectivity index (χ0n) is 23.0. The number of benzene rings is 3. The number of carbonyl (C=O) groups excluding carboxylic acids is 2. The third-order valence-corrected chi connectivity index (χ3v) is 8.42. The van der Waals surface area contributed by atoms with Gasteiger partial charge in [-0.25, -0.2) is 17.2 Å². The van der Waals surface area contributed by atoms with E-state index in [0.29, 0.717) is 5.56 Å². The number of hydrogen-bond donors (Lipinski definition) is 1. The quantitative estimate of drug-likeness (QED) is 0.351. The Kier molecular flexibility index (Phi) is 10.1. The minimum absolute atomic E-state index is 0.0102. The summed E-state index contributed by atoms with van der Waals surface area (Å²) in [7, 11) is -3.95. The maximum Gasteiger partial charge on any atom is 0.244 e. The molecule has 1 aliphatic rings. The largest absolute Gasteiger partial charge is 0.352 e. The van der Waals surface area contributed by atoms with Crippen LogP contribution in [0, 0.1) is 11.6 Å². The van der Waals surface area contributed by atoms with Gasteiger partial charge in [0.25, 0.3) is 0 Å². The molecule has 7 nitrogen and oxygen atoms in total. The van der Waals surface area contributed by atoms with Crippen LogP contribution in [0.5, 0.6) is 0 Å². The summed E-state index contributed by atoms with van der Waals surface area (Å²) in [5, 5.41) is 3.12. The van der Waals surface area contributed by atoms with Gasteiger partial charge in [0.1, 0.15) is 24.2 Å². The monoisotopic (exact) mass is 583 g/mol. The Balaban J connectivity index is 1.71. The molecule has 1 fully saturated rings. The molecule has 0 spiro atoms. The summed E-state index contributed by atoms with van der Waals surface area (Å²) in [6, 6.07) is 18.7. The van der Waals surface area contributed by atoms with Crippen molar-refractivity contribution in [3.05, 3.63) is 102 Å². The van der Waals surface area contributed by atoms with Gasteiger partial charge in [-0.15, -0.1) is 0 Å². The van der Waals surface area contributed by atoms with Crippen molar-refractivity contribution < 1.29 is 26.8 Å². The van der Waals surface area contributed by atoms with Crippen molar-refractivity contribution in [2.24, 2.45) is 0 Å². The molecule has 3 aromatic carbocycles. The Morgan fingerprint density at radius 1 is 0.854 bits per heavy atom. The first kappa shape index (κ1) is 30.2. The highest BCUT2D eigenvalue weighted by Crippen LogP contribution is 2.22. The number of halogens is 2. The van der Waals surface area contributed by atoms with E-state index < -0.39 is 40.2 Å². The smallest absolute Gasteiger partial charge is 0.244 e. The van der Waals surface area contributed by atoms with Gasteiger partial charge in [-0.3, -0.25) is 13.9 Å². The van der Waals surface area contributed by atoms with Crippen molar-refractivity contribution in [1.82, 2.24) is 10.2 Å². The Hall–Kier alpha value is -3.79. The lowest BCUT2D eigenvalue weighted by atomic mass is 9.94. The van der Waals surface area contributed by atoms with Crippen molar-refractivity contribution in [1.29, 1.82) is 0 Å². The van der Waals surface area contributed by atoms with Crippen molar-refractivity contribution in [3.8, 4) is 0 Å². The number of rotatable bonds is 11. The lowest BCUT2D eigenvalue weighted by molar-refractivity contribution is -0.140. The highest BCUT2D eigenvalue weighted by Gasteiger charge is 2.34. The van der Waals surface area contributed by atoms with Crippen LogP contribution in [0.4, 0.5) is 14.5 Å². The molecule has 1 saturated carbocycles. The molecule has 41 heavy (non-hydrogen) atoms. The molecule has 1 N–H and O–H groups in total. The average Bonchev–Trinajstić information content (AvgIpc) is 2.95. The first-order chi connectivity index (χ1) is 19.6. The van der Waals surface area contributed by atoms with Gasteiger partial charge in [0.05, 0.1) is 11.9 Å². The van der Waals surface area contributed by atoms with E-state index >= 15 is 0 Å². The predicted molar refractivity (Wildman–Crippen MR) is 154 cm³/mol. The second-order valence-corrected chi connectivity index (χ2v) is 12.4. The number of hydrogen-bond acceptors (Lipinski definition) is 4. The third-order valence-electron chi connectivity index (χ3n) is 7.28. The van der Waals surface area contributed by atoms with Crippen LogP contribution in [0.25, 0.3) is 0 Å². The molecular weight excluding hydrogens is 548 g/mol. The van der Waals surface area contributed by atoms with Crippen LogP contribution < -0.4 is 9.62 Å². The van der Waals surface area contributed by atoms with E-state index in [1.54, 1.807) is 0 Å². The normalized spacial score (nSPS) is 14.7. The number of sulfonamides is 1. The van der Waals surface area contributed by atoms with Crippen molar-refractivity contribution in [2.75, 3.05) is 17.1 Å². The molecule has 4 rings (SSSR count). The van der Waals surface area contributed by atoms with E-state index in [1.807, 2.05) is 30.3 Å². The van der Waals surface area contributed by atoms with Crippen LogP contribution in [0.1, 0.15) is 43.2 Å². The van der Waals surface area contributed by atoms with Gasteiger partial charge in [-0.1, -0.05) is 61.7 Å². The molecule has 10 heteroatoms. The van der Waals surface area contributed by atoms with Crippen LogP contribution in [0.3, 0.4) is 0 Å². The average molecular weight is 584 g/mol. The summed E-state index contributed by atoms with van der Waals surface area (Å²) in [6.07, 6.45) is 5.98. The Labute approximate surface area is 240 Å². The number of nitrogens with zero attached hydrogens (tertiary/aromatic N) is 2. The van der Waals surface area contributed by atoms with Gasteiger partial charge >= 0.3 is 0 Å². The number of carbonyl (C=O) groups is 2. The molecule has 0 aromatic heterocycles. The Morgan fingerprint density at radius 3 is 2.02 bits per heavy atom. The zero-order chi connectivity index (χ0) is 29.4. The fourth-order valence-corrected chi connectivity index (χ4v) is 5.96. The molecule has 218 valence electrons. The maximum atomic E-state index is 14.0. The van der Waals surface area contributed by atoms with Gasteiger partial charge in [-0.2, -0.15) is 0 Å². The first-order valence-corrected chi connectivity index (χ1v) is 15.6. The van der Waals surface area contributed by atoms with E-state index in [0.717, 1.165) is 60.4 Å². The molecule has 1 unspecified atom stereocenters. The van der Waals surface area contributed by atoms with Gasteiger partial charge in [0.2, 0.25) is 21.8 Å². The molecule has 0 saturated heterocycles. The number of amides is 2. The lowest BCUT2D eigenvalue weighted by Crippen LogP contribution is -2.55. The SMILES string of the molecule is CS(=O)(=O)N(CC(=O)N(Cc1ccc(F)cc1)C(Cc1ccccc1)C(=O)NC1CCCCC1)c1ccc(F)cc1. The van der Waals surface area contributed by atoms with Gasteiger partial charge in [0.15, 0.2) is 0 Å². The summed E-state index contributed by atoms with van der Waals surface area (Å²) in [5.41, 5.74) is 1.53. The van der Waals surface area contributed by atoms with Crippen molar-refractivity contribution in [3.63, 3.8) is 0 Å². The third kappa shape index (κ3) is 8.60. The minimum Gasteiger partial charge on any atom is -0.352 e. The second-order valence-electron chi connectivity index (χ2n) is 10.4. The molecule has 0 aliphatic heterocycles. The van der Waals surface area contributed by atoms with Crippen molar-refractivity contribution in [2.45, 2.75) is 57.2 Å². The van der Waals surface area contributed by atoms with Crippen LogP contribution in [0.2, 0.25) is 0 Å². The molecule has 2 amide bonds. The van der Waals surface area contributed by atoms with Gasteiger partial charge in [0, 0.05) is 19.0 Å². The Morgan fingerprint density at radius 2 is 1.44 bits per heavy atom. The highest BCUT2D eigenvalue weighted by molar-refractivity contribution is 7.92. The van der Waals surface area contributed by atoms with E-state index in [2.05, 4.69) is 5.32 Å². The molecule has 0 bridgehead atoms. The predicted octanol–water partition coefficient (Wildman–Crippen LogP) is 4.82. The molecule has 1 atom stereocenters. The summed E-state index contributed by atoms with van der Waals surface area (Å²) >= 11 is 0.